The molecule has 0 spiro atoms. The van der Waals surface area contributed by atoms with Gasteiger partial charge in [-0.2, -0.15) is 0 Å². The Morgan fingerprint density at radius 3 is 2.34 bits per heavy atom. The van der Waals surface area contributed by atoms with E-state index >= 15 is 0 Å². The van der Waals surface area contributed by atoms with Crippen molar-refractivity contribution in [2.45, 2.75) is 71.0 Å². The summed E-state index contributed by atoms with van der Waals surface area (Å²) in [5.74, 6) is 0.375. The van der Waals surface area contributed by atoms with E-state index in [1.54, 1.807) is 4.90 Å². The van der Waals surface area contributed by atoms with E-state index < -0.39 is 6.04 Å². The van der Waals surface area contributed by atoms with E-state index in [2.05, 4.69) is 21.2 Å². The molecule has 1 aliphatic carbocycles. The molecule has 38 heavy (non-hydrogen) atoms. The quantitative estimate of drug-likeness (QED) is 0.298. The lowest BCUT2D eigenvalue weighted by molar-refractivity contribution is -0.143. The van der Waals surface area contributed by atoms with Crippen LogP contribution in [0.3, 0.4) is 0 Å². The zero-order valence-corrected chi connectivity index (χ0v) is 23.9. The highest BCUT2D eigenvalue weighted by atomic mass is 79.9. The summed E-state index contributed by atoms with van der Waals surface area (Å²) >= 11 is 3.49. The van der Waals surface area contributed by atoms with Gasteiger partial charge >= 0.3 is 0 Å². The van der Waals surface area contributed by atoms with Crippen LogP contribution in [0.5, 0.6) is 5.75 Å². The number of carbonyl (C=O) groups is 2. The second-order valence-corrected chi connectivity index (χ2v) is 11.1. The Morgan fingerprint density at radius 1 is 0.921 bits per heavy atom. The minimum absolute atomic E-state index is 0.0991. The SMILES string of the molecule is Cc1cccc(OCC(=O)N(Cc2ccc(Br)cc2)[C@@H](Cc2ccccc2)C(=O)NC2CCCCC2)c1C. The molecule has 1 N–H and O–H groups in total. The topological polar surface area (TPSA) is 58.6 Å². The van der Waals surface area contributed by atoms with Gasteiger partial charge in [-0.3, -0.25) is 9.59 Å². The molecule has 0 aliphatic heterocycles. The molecule has 0 radical (unpaired) electrons. The van der Waals surface area contributed by atoms with Crippen LogP contribution in [0.4, 0.5) is 0 Å². The van der Waals surface area contributed by atoms with Gasteiger partial charge in [-0.05, 0) is 67.1 Å². The highest BCUT2D eigenvalue weighted by Gasteiger charge is 2.32. The second kappa shape index (κ2) is 13.6. The minimum atomic E-state index is -0.655. The normalized spacial score (nSPS) is 14.5. The fourth-order valence-electron chi connectivity index (χ4n) is 4.99. The van der Waals surface area contributed by atoms with Crippen molar-refractivity contribution in [2.24, 2.45) is 0 Å². The van der Waals surface area contributed by atoms with Crippen molar-refractivity contribution < 1.29 is 14.3 Å². The highest BCUT2D eigenvalue weighted by molar-refractivity contribution is 9.10. The standard InChI is InChI=1S/C32H37BrN2O3/c1-23-10-9-15-30(24(23)2)38-22-31(36)35(21-26-16-18-27(33)19-17-26)29(20-25-11-5-3-6-12-25)32(37)34-28-13-7-4-8-14-28/h3,5-6,9-12,15-19,28-29H,4,7-8,13-14,20-22H2,1-2H3,(H,34,37)/t29-/m0/s1. The number of carbonyl (C=O) groups excluding carboxylic acids is 2. The first kappa shape index (κ1) is 27.9. The third-order valence-corrected chi connectivity index (χ3v) is 7.92. The number of benzene rings is 3. The summed E-state index contributed by atoms with van der Waals surface area (Å²) in [6, 6.07) is 23.1. The van der Waals surface area contributed by atoms with Crippen molar-refractivity contribution in [3.63, 3.8) is 0 Å². The summed E-state index contributed by atoms with van der Waals surface area (Å²) in [5.41, 5.74) is 4.09. The third-order valence-electron chi connectivity index (χ3n) is 7.39. The number of halogens is 1. The van der Waals surface area contributed by atoms with Crippen molar-refractivity contribution >= 4 is 27.7 Å². The second-order valence-electron chi connectivity index (χ2n) is 10.2. The summed E-state index contributed by atoms with van der Waals surface area (Å²) in [6.45, 7) is 4.20. The number of hydrogen-bond acceptors (Lipinski definition) is 3. The number of aryl methyl sites for hydroxylation is 1. The molecule has 6 heteroatoms. The molecule has 1 fully saturated rings. The molecule has 1 atom stereocenters. The van der Waals surface area contributed by atoms with Crippen molar-refractivity contribution in [1.29, 1.82) is 0 Å². The van der Waals surface area contributed by atoms with E-state index in [0.29, 0.717) is 18.7 Å². The Labute approximate surface area is 234 Å². The largest absolute Gasteiger partial charge is 0.483 e. The maximum atomic E-state index is 13.8. The predicted octanol–water partition coefficient (Wildman–Crippen LogP) is 6.53. The van der Waals surface area contributed by atoms with Gasteiger partial charge in [0.15, 0.2) is 6.61 Å². The number of nitrogens with zero attached hydrogens (tertiary/aromatic N) is 1. The molecule has 1 aliphatic rings. The van der Waals surface area contributed by atoms with Gasteiger partial charge in [0.25, 0.3) is 5.91 Å². The molecular formula is C32H37BrN2O3. The van der Waals surface area contributed by atoms with Crippen LogP contribution >= 0.6 is 15.9 Å². The summed E-state index contributed by atoms with van der Waals surface area (Å²) in [7, 11) is 0. The molecule has 3 aromatic carbocycles. The molecule has 2 amide bonds. The first-order valence-electron chi connectivity index (χ1n) is 13.5. The highest BCUT2D eigenvalue weighted by Crippen LogP contribution is 2.23. The third kappa shape index (κ3) is 7.70. The van der Waals surface area contributed by atoms with Gasteiger partial charge in [0.05, 0.1) is 0 Å². The molecule has 4 rings (SSSR count). The van der Waals surface area contributed by atoms with Crippen LogP contribution in [0.15, 0.2) is 77.3 Å². The smallest absolute Gasteiger partial charge is 0.261 e. The summed E-state index contributed by atoms with van der Waals surface area (Å²) in [6.07, 6.45) is 5.87. The molecule has 0 unspecified atom stereocenters. The van der Waals surface area contributed by atoms with Crippen LogP contribution in [-0.2, 0) is 22.6 Å². The number of hydrogen-bond donors (Lipinski definition) is 1. The van der Waals surface area contributed by atoms with Crippen molar-refractivity contribution in [2.75, 3.05) is 6.61 Å². The Hall–Kier alpha value is -3.12. The Morgan fingerprint density at radius 2 is 1.63 bits per heavy atom. The van der Waals surface area contributed by atoms with Crippen LogP contribution in [0, 0.1) is 13.8 Å². The monoisotopic (exact) mass is 576 g/mol. The molecule has 0 heterocycles. The summed E-state index contributed by atoms with van der Waals surface area (Å²) < 4.78 is 6.98. The summed E-state index contributed by atoms with van der Waals surface area (Å²) in [5, 5.41) is 3.28. The van der Waals surface area contributed by atoms with Gasteiger partial charge in [0, 0.05) is 23.5 Å². The van der Waals surface area contributed by atoms with E-state index in [1.165, 1.54) is 6.42 Å². The van der Waals surface area contributed by atoms with E-state index in [9.17, 15) is 9.59 Å². The maximum absolute atomic E-state index is 13.8. The van der Waals surface area contributed by atoms with Crippen LogP contribution < -0.4 is 10.1 Å². The maximum Gasteiger partial charge on any atom is 0.261 e. The number of amides is 2. The summed E-state index contributed by atoms with van der Waals surface area (Å²) in [4.78, 5) is 29.3. The van der Waals surface area contributed by atoms with Crippen LogP contribution in [0.25, 0.3) is 0 Å². The molecule has 0 saturated heterocycles. The van der Waals surface area contributed by atoms with Gasteiger partial charge in [0.2, 0.25) is 5.91 Å². The van der Waals surface area contributed by atoms with E-state index in [-0.39, 0.29) is 24.5 Å². The molecule has 0 bridgehead atoms. The van der Waals surface area contributed by atoms with Gasteiger partial charge < -0.3 is 15.0 Å². The lowest BCUT2D eigenvalue weighted by atomic mass is 9.94. The zero-order chi connectivity index (χ0) is 26.9. The lowest BCUT2D eigenvalue weighted by Crippen LogP contribution is -2.53. The number of ether oxygens (including phenoxy) is 1. The molecular weight excluding hydrogens is 540 g/mol. The van der Waals surface area contributed by atoms with E-state index in [4.69, 9.17) is 4.74 Å². The minimum Gasteiger partial charge on any atom is -0.483 e. The predicted molar refractivity (Wildman–Crippen MR) is 155 cm³/mol. The van der Waals surface area contributed by atoms with E-state index in [1.807, 2.05) is 86.6 Å². The molecule has 200 valence electrons. The first-order valence-corrected chi connectivity index (χ1v) is 14.3. The van der Waals surface area contributed by atoms with E-state index in [0.717, 1.165) is 52.4 Å². The zero-order valence-electron chi connectivity index (χ0n) is 22.3. The van der Waals surface area contributed by atoms with Crippen LogP contribution in [0.1, 0.15) is 54.4 Å². The number of nitrogens with one attached hydrogen (secondary N) is 1. The Bertz CT molecular complexity index is 1210. The van der Waals surface area contributed by atoms with Gasteiger partial charge in [-0.1, -0.05) is 89.8 Å². The van der Waals surface area contributed by atoms with Crippen LogP contribution in [0.2, 0.25) is 0 Å². The van der Waals surface area contributed by atoms with Gasteiger partial charge in [-0.25, -0.2) is 0 Å². The fraction of sp³-hybridized carbons (Fsp3) is 0.375. The Balaban J connectivity index is 1.62. The first-order chi connectivity index (χ1) is 18.4. The van der Waals surface area contributed by atoms with Crippen LogP contribution in [-0.4, -0.2) is 35.4 Å². The average molecular weight is 578 g/mol. The van der Waals surface area contributed by atoms with Crippen molar-refractivity contribution in [3.8, 4) is 5.75 Å². The molecule has 3 aromatic rings. The van der Waals surface area contributed by atoms with Gasteiger partial charge in [-0.15, -0.1) is 0 Å². The molecule has 0 aromatic heterocycles. The number of rotatable bonds is 10. The fourth-order valence-corrected chi connectivity index (χ4v) is 5.25. The average Bonchev–Trinajstić information content (AvgIpc) is 2.93. The van der Waals surface area contributed by atoms with Crippen molar-refractivity contribution in [1.82, 2.24) is 10.2 Å². The lowest BCUT2D eigenvalue weighted by Gasteiger charge is -2.33. The van der Waals surface area contributed by atoms with Gasteiger partial charge in [0.1, 0.15) is 11.8 Å². The molecule has 5 nitrogen and oxygen atoms in total. The van der Waals surface area contributed by atoms with Crippen molar-refractivity contribution in [3.05, 3.63) is 99.5 Å². The Kier molecular flexibility index (Phi) is 9.99. The molecule has 1 saturated carbocycles.